The Balaban J connectivity index is 1.81. The van der Waals surface area contributed by atoms with Crippen molar-refractivity contribution < 1.29 is 9.15 Å². The largest absolute Gasteiger partial charge is 0.467 e. The van der Waals surface area contributed by atoms with Crippen molar-refractivity contribution in [2.45, 2.75) is 26.4 Å². The maximum Gasteiger partial charge on any atom is 0.253 e. The fourth-order valence-corrected chi connectivity index (χ4v) is 3.24. The number of furan rings is 1. The van der Waals surface area contributed by atoms with Crippen LogP contribution in [-0.4, -0.2) is 35.3 Å². The van der Waals surface area contributed by atoms with Crippen molar-refractivity contribution in [3.8, 4) is 0 Å². The summed E-state index contributed by atoms with van der Waals surface area (Å²) in [7, 11) is 1.68. The summed E-state index contributed by atoms with van der Waals surface area (Å²) >= 11 is 5.58. The molecule has 6 nitrogen and oxygen atoms in total. The predicted octanol–water partition coefficient (Wildman–Crippen LogP) is 3.34. The smallest absolute Gasteiger partial charge is 0.253 e. The van der Waals surface area contributed by atoms with Crippen LogP contribution < -0.4 is 10.9 Å². The van der Waals surface area contributed by atoms with Crippen molar-refractivity contribution in [1.29, 1.82) is 0 Å². The van der Waals surface area contributed by atoms with Crippen molar-refractivity contribution in [2.75, 3.05) is 20.3 Å². The van der Waals surface area contributed by atoms with Crippen LogP contribution in [0.5, 0.6) is 0 Å². The van der Waals surface area contributed by atoms with Gasteiger partial charge in [0.1, 0.15) is 5.76 Å². The molecule has 148 valence electrons. The highest BCUT2D eigenvalue weighted by Gasteiger charge is 2.15. The van der Waals surface area contributed by atoms with E-state index >= 15 is 0 Å². The third kappa shape index (κ3) is 5.21. The summed E-state index contributed by atoms with van der Waals surface area (Å²) in [6, 6.07) is 11.7. The number of hydrogen-bond acceptors (Lipinski definition) is 4. The van der Waals surface area contributed by atoms with Gasteiger partial charge in [-0.15, -0.1) is 0 Å². The molecule has 2 heterocycles. The lowest BCUT2D eigenvalue weighted by molar-refractivity contribution is 0.195. The van der Waals surface area contributed by atoms with E-state index in [4.69, 9.17) is 21.4 Å². The van der Waals surface area contributed by atoms with Crippen LogP contribution in [0.2, 0.25) is 0 Å². The molecule has 7 heteroatoms. The van der Waals surface area contributed by atoms with Gasteiger partial charge in [0.2, 0.25) is 0 Å². The number of thiocarbonyl (C=S) groups is 1. The second-order valence-corrected chi connectivity index (χ2v) is 7.11. The van der Waals surface area contributed by atoms with Crippen molar-refractivity contribution in [2.24, 2.45) is 0 Å². The summed E-state index contributed by atoms with van der Waals surface area (Å²) in [5.74, 6) is 0.786. The summed E-state index contributed by atoms with van der Waals surface area (Å²) in [5, 5.41) is 4.83. The number of H-pyrrole nitrogens is 1. The fraction of sp³-hybridized carbons (Fsp3) is 0.333. The first-order valence-corrected chi connectivity index (χ1v) is 9.64. The number of nitrogens with one attached hydrogen (secondary N) is 2. The Labute approximate surface area is 169 Å². The molecule has 0 fully saturated rings. The summed E-state index contributed by atoms with van der Waals surface area (Å²) in [5.41, 5.74) is 2.53. The summed E-state index contributed by atoms with van der Waals surface area (Å²) < 4.78 is 10.6. The second-order valence-electron chi connectivity index (χ2n) is 6.73. The minimum atomic E-state index is -0.108. The van der Waals surface area contributed by atoms with Crippen LogP contribution in [0.1, 0.15) is 23.3 Å². The summed E-state index contributed by atoms with van der Waals surface area (Å²) in [6.45, 7) is 4.27. The second kappa shape index (κ2) is 9.52. The Hall–Kier alpha value is -2.64. The number of pyridine rings is 1. The maximum absolute atomic E-state index is 12.6. The summed E-state index contributed by atoms with van der Waals surface area (Å²) in [6.07, 6.45) is 2.48. The van der Waals surface area contributed by atoms with Gasteiger partial charge in [0.05, 0.1) is 19.4 Å². The quantitative estimate of drug-likeness (QED) is 0.447. The Morgan fingerprint density at radius 3 is 2.89 bits per heavy atom. The maximum atomic E-state index is 12.6. The number of benzene rings is 1. The lowest BCUT2D eigenvalue weighted by Gasteiger charge is -2.25. The molecule has 0 amide bonds. The molecule has 3 rings (SSSR count). The van der Waals surface area contributed by atoms with Gasteiger partial charge >= 0.3 is 0 Å². The first-order valence-electron chi connectivity index (χ1n) is 9.23. The summed E-state index contributed by atoms with van der Waals surface area (Å²) in [4.78, 5) is 17.5. The van der Waals surface area contributed by atoms with Crippen LogP contribution >= 0.6 is 12.2 Å². The number of aryl methyl sites for hydroxylation is 1. The zero-order valence-electron chi connectivity index (χ0n) is 16.2. The molecule has 0 saturated heterocycles. The lowest BCUT2D eigenvalue weighted by Crippen LogP contribution is -2.40. The van der Waals surface area contributed by atoms with E-state index in [1.165, 1.54) is 0 Å². The highest BCUT2D eigenvalue weighted by atomic mass is 32.1. The highest BCUT2D eigenvalue weighted by molar-refractivity contribution is 7.80. The van der Waals surface area contributed by atoms with Crippen LogP contribution in [-0.2, 0) is 17.8 Å². The molecule has 0 atom stereocenters. The molecule has 0 bridgehead atoms. The van der Waals surface area contributed by atoms with E-state index in [9.17, 15) is 4.79 Å². The number of hydrogen-bond donors (Lipinski definition) is 2. The van der Waals surface area contributed by atoms with Crippen molar-refractivity contribution >= 4 is 28.2 Å². The SMILES string of the molecule is COCCCNC(=S)N(Cc1ccco1)Cc1cc2cc(C)ccc2[nH]c1=O. The Bertz CT molecular complexity index is 982. The van der Waals surface area contributed by atoms with E-state index in [-0.39, 0.29) is 5.56 Å². The van der Waals surface area contributed by atoms with Gasteiger partial charge < -0.3 is 24.4 Å². The minimum absolute atomic E-state index is 0.108. The number of fused-ring (bicyclic) bond motifs is 1. The molecule has 1 aromatic carbocycles. The van der Waals surface area contributed by atoms with Gasteiger partial charge in [0.15, 0.2) is 5.11 Å². The third-order valence-electron chi connectivity index (χ3n) is 4.45. The average Bonchev–Trinajstić information content (AvgIpc) is 3.18. The van der Waals surface area contributed by atoms with Gasteiger partial charge in [-0.05, 0) is 61.3 Å². The molecule has 0 aliphatic carbocycles. The standard InChI is InChI=1S/C21H25N3O3S/c1-15-6-7-19-16(11-15)12-17(20(25)23-19)13-24(14-18-5-3-10-27-18)21(28)22-8-4-9-26-2/h3,5-7,10-12H,4,8-9,13-14H2,1-2H3,(H,22,28)(H,23,25). The Morgan fingerprint density at radius 2 is 2.14 bits per heavy atom. The third-order valence-corrected chi connectivity index (χ3v) is 4.86. The average molecular weight is 400 g/mol. The van der Waals surface area contributed by atoms with Crippen molar-refractivity contribution in [3.05, 3.63) is 69.9 Å². The molecule has 3 aromatic rings. The first-order chi connectivity index (χ1) is 13.6. The number of methoxy groups -OCH3 is 1. The topological polar surface area (TPSA) is 70.5 Å². The van der Waals surface area contributed by atoms with Gasteiger partial charge in [0, 0.05) is 31.3 Å². The predicted molar refractivity (Wildman–Crippen MR) is 114 cm³/mol. The molecular formula is C21H25N3O3S. The van der Waals surface area contributed by atoms with Gasteiger partial charge in [-0.2, -0.15) is 0 Å². The van der Waals surface area contributed by atoms with E-state index < -0.39 is 0 Å². The first kappa shape index (κ1) is 20.1. The highest BCUT2D eigenvalue weighted by Crippen LogP contribution is 2.15. The fourth-order valence-electron chi connectivity index (χ4n) is 3.01. The van der Waals surface area contributed by atoms with Crippen molar-refractivity contribution in [1.82, 2.24) is 15.2 Å². The molecule has 2 N–H and O–H groups in total. The number of nitrogens with zero attached hydrogens (tertiary/aromatic N) is 1. The van der Waals surface area contributed by atoms with Crippen LogP contribution in [0, 0.1) is 6.92 Å². The van der Waals surface area contributed by atoms with Gasteiger partial charge in [-0.1, -0.05) is 11.6 Å². The molecule has 28 heavy (non-hydrogen) atoms. The number of rotatable bonds is 8. The molecule has 0 spiro atoms. The van der Waals surface area contributed by atoms with E-state index in [0.29, 0.717) is 36.9 Å². The molecule has 0 aliphatic heterocycles. The van der Waals surface area contributed by atoms with E-state index in [2.05, 4.69) is 16.4 Å². The van der Waals surface area contributed by atoms with Crippen LogP contribution in [0.4, 0.5) is 0 Å². The lowest BCUT2D eigenvalue weighted by atomic mass is 10.1. The zero-order valence-corrected chi connectivity index (χ0v) is 17.0. The van der Waals surface area contributed by atoms with Gasteiger partial charge in [0.25, 0.3) is 5.56 Å². The Morgan fingerprint density at radius 1 is 1.29 bits per heavy atom. The van der Waals surface area contributed by atoms with Crippen LogP contribution in [0.15, 0.2) is 51.9 Å². The molecule has 0 aliphatic rings. The minimum Gasteiger partial charge on any atom is -0.467 e. The van der Waals surface area contributed by atoms with Gasteiger partial charge in [-0.3, -0.25) is 4.79 Å². The molecule has 2 aromatic heterocycles. The molecule has 0 saturated carbocycles. The van der Waals surface area contributed by atoms with E-state index in [1.807, 2.05) is 42.2 Å². The van der Waals surface area contributed by atoms with E-state index in [0.717, 1.165) is 28.6 Å². The van der Waals surface area contributed by atoms with Crippen molar-refractivity contribution in [3.63, 3.8) is 0 Å². The normalized spacial score (nSPS) is 10.9. The number of aromatic nitrogens is 1. The zero-order chi connectivity index (χ0) is 19.9. The van der Waals surface area contributed by atoms with Gasteiger partial charge in [-0.25, -0.2) is 0 Å². The number of aromatic amines is 1. The number of ether oxygens (including phenoxy) is 1. The monoisotopic (exact) mass is 399 g/mol. The van der Waals surface area contributed by atoms with Crippen LogP contribution in [0.3, 0.4) is 0 Å². The molecular weight excluding hydrogens is 374 g/mol. The Kier molecular flexibility index (Phi) is 6.84. The van der Waals surface area contributed by atoms with E-state index in [1.54, 1.807) is 13.4 Å². The van der Waals surface area contributed by atoms with Crippen LogP contribution in [0.25, 0.3) is 10.9 Å². The molecule has 0 radical (unpaired) electrons. The molecule has 0 unspecified atom stereocenters.